The normalized spacial score (nSPS) is 10.8. The predicted molar refractivity (Wildman–Crippen MR) is 74.2 cm³/mol. The zero-order chi connectivity index (χ0) is 13.0. The SMILES string of the molecule is CCCNCc1nc(C)c(-c2ccc(F)cc2)s1. The molecule has 0 atom stereocenters. The Kier molecular flexibility index (Phi) is 4.44. The summed E-state index contributed by atoms with van der Waals surface area (Å²) in [5, 5.41) is 4.42. The van der Waals surface area contributed by atoms with Gasteiger partial charge in [-0.2, -0.15) is 0 Å². The molecule has 0 spiro atoms. The van der Waals surface area contributed by atoms with E-state index in [4.69, 9.17) is 0 Å². The molecule has 0 unspecified atom stereocenters. The molecule has 1 aromatic heterocycles. The first-order valence-corrected chi connectivity index (χ1v) is 6.95. The molecular weight excluding hydrogens is 247 g/mol. The van der Waals surface area contributed by atoms with Crippen molar-refractivity contribution in [3.63, 3.8) is 0 Å². The van der Waals surface area contributed by atoms with E-state index < -0.39 is 0 Å². The summed E-state index contributed by atoms with van der Waals surface area (Å²) in [7, 11) is 0. The minimum absolute atomic E-state index is 0.203. The maximum atomic E-state index is 12.9. The van der Waals surface area contributed by atoms with E-state index in [9.17, 15) is 4.39 Å². The van der Waals surface area contributed by atoms with Crippen molar-refractivity contribution in [3.8, 4) is 10.4 Å². The summed E-state index contributed by atoms with van der Waals surface area (Å²) >= 11 is 1.67. The highest BCUT2D eigenvalue weighted by Gasteiger charge is 2.09. The average molecular weight is 264 g/mol. The van der Waals surface area contributed by atoms with Crippen molar-refractivity contribution in [1.29, 1.82) is 0 Å². The second kappa shape index (κ2) is 6.07. The molecule has 0 amide bonds. The van der Waals surface area contributed by atoms with E-state index in [1.807, 2.05) is 6.92 Å². The van der Waals surface area contributed by atoms with Crippen LogP contribution in [0.4, 0.5) is 4.39 Å². The van der Waals surface area contributed by atoms with Crippen molar-refractivity contribution in [2.75, 3.05) is 6.54 Å². The molecule has 0 saturated carbocycles. The largest absolute Gasteiger partial charge is 0.310 e. The Morgan fingerprint density at radius 2 is 2.00 bits per heavy atom. The standard InChI is InChI=1S/C14H17FN2S/c1-3-8-16-9-13-17-10(2)14(18-13)11-4-6-12(15)7-5-11/h4-7,16H,3,8-9H2,1-2H3. The van der Waals surface area contributed by atoms with Crippen molar-refractivity contribution in [2.45, 2.75) is 26.8 Å². The molecule has 18 heavy (non-hydrogen) atoms. The molecule has 2 rings (SSSR count). The van der Waals surface area contributed by atoms with E-state index in [1.165, 1.54) is 12.1 Å². The number of aryl methyl sites for hydroxylation is 1. The van der Waals surface area contributed by atoms with Crippen LogP contribution in [0.1, 0.15) is 24.0 Å². The van der Waals surface area contributed by atoms with Crippen LogP contribution in [0.2, 0.25) is 0 Å². The second-order valence-corrected chi connectivity index (χ2v) is 5.29. The summed E-state index contributed by atoms with van der Waals surface area (Å²) in [6.07, 6.45) is 1.12. The van der Waals surface area contributed by atoms with Crippen molar-refractivity contribution in [1.82, 2.24) is 10.3 Å². The van der Waals surface area contributed by atoms with Gasteiger partial charge < -0.3 is 5.32 Å². The van der Waals surface area contributed by atoms with Gasteiger partial charge in [0.1, 0.15) is 10.8 Å². The minimum atomic E-state index is -0.203. The molecule has 2 nitrogen and oxygen atoms in total. The number of halogens is 1. The van der Waals surface area contributed by atoms with Gasteiger partial charge in [-0.05, 0) is 37.6 Å². The molecule has 2 aromatic rings. The third-order valence-electron chi connectivity index (χ3n) is 2.65. The third-order valence-corrected chi connectivity index (χ3v) is 3.86. The van der Waals surface area contributed by atoms with Gasteiger partial charge >= 0.3 is 0 Å². The number of thiazole rings is 1. The summed E-state index contributed by atoms with van der Waals surface area (Å²) in [6, 6.07) is 6.59. The lowest BCUT2D eigenvalue weighted by Crippen LogP contribution is -2.13. The van der Waals surface area contributed by atoms with Crippen molar-refractivity contribution in [3.05, 3.63) is 40.8 Å². The zero-order valence-corrected chi connectivity index (χ0v) is 11.5. The van der Waals surface area contributed by atoms with Crippen LogP contribution in [-0.2, 0) is 6.54 Å². The Labute approximate surface area is 111 Å². The van der Waals surface area contributed by atoms with Crippen molar-refractivity contribution >= 4 is 11.3 Å². The molecule has 1 heterocycles. The first-order chi connectivity index (χ1) is 8.70. The lowest BCUT2D eigenvalue weighted by atomic mass is 10.1. The molecule has 0 radical (unpaired) electrons. The van der Waals surface area contributed by atoms with Crippen LogP contribution in [0.3, 0.4) is 0 Å². The van der Waals surface area contributed by atoms with Gasteiger partial charge in [0.15, 0.2) is 0 Å². The number of rotatable bonds is 5. The molecule has 0 aliphatic heterocycles. The van der Waals surface area contributed by atoms with Gasteiger partial charge in [0.2, 0.25) is 0 Å². The van der Waals surface area contributed by atoms with Crippen LogP contribution in [0, 0.1) is 12.7 Å². The first-order valence-electron chi connectivity index (χ1n) is 6.13. The van der Waals surface area contributed by atoms with Crippen LogP contribution >= 0.6 is 11.3 Å². The van der Waals surface area contributed by atoms with E-state index in [-0.39, 0.29) is 5.82 Å². The Hall–Kier alpha value is -1.26. The number of aromatic nitrogens is 1. The fourth-order valence-electron chi connectivity index (χ4n) is 1.77. The minimum Gasteiger partial charge on any atom is -0.310 e. The van der Waals surface area contributed by atoms with Gasteiger partial charge in [-0.25, -0.2) is 9.37 Å². The molecule has 0 aliphatic carbocycles. The second-order valence-electron chi connectivity index (χ2n) is 4.21. The Morgan fingerprint density at radius 1 is 1.28 bits per heavy atom. The molecule has 0 fully saturated rings. The quantitative estimate of drug-likeness (QED) is 0.832. The van der Waals surface area contributed by atoms with Gasteiger partial charge in [0, 0.05) is 6.54 Å². The van der Waals surface area contributed by atoms with E-state index in [0.717, 1.165) is 40.7 Å². The summed E-state index contributed by atoms with van der Waals surface area (Å²) in [5.41, 5.74) is 2.05. The maximum Gasteiger partial charge on any atom is 0.123 e. The summed E-state index contributed by atoms with van der Waals surface area (Å²) in [5.74, 6) is -0.203. The summed E-state index contributed by atoms with van der Waals surface area (Å²) in [6.45, 7) is 5.95. The highest BCUT2D eigenvalue weighted by Crippen LogP contribution is 2.29. The van der Waals surface area contributed by atoms with Gasteiger partial charge in [-0.1, -0.05) is 19.1 Å². The van der Waals surface area contributed by atoms with Crippen molar-refractivity contribution < 1.29 is 4.39 Å². The molecule has 96 valence electrons. The van der Waals surface area contributed by atoms with Gasteiger partial charge in [0.25, 0.3) is 0 Å². The summed E-state index contributed by atoms with van der Waals surface area (Å²) in [4.78, 5) is 5.67. The Balaban J connectivity index is 2.16. The smallest absolute Gasteiger partial charge is 0.123 e. The number of nitrogens with zero attached hydrogens (tertiary/aromatic N) is 1. The van der Waals surface area contributed by atoms with E-state index in [0.29, 0.717) is 0 Å². The molecule has 4 heteroatoms. The van der Waals surface area contributed by atoms with Crippen LogP contribution < -0.4 is 5.32 Å². The Morgan fingerprint density at radius 3 is 2.67 bits per heavy atom. The molecule has 0 bridgehead atoms. The predicted octanol–water partition coefficient (Wildman–Crippen LogP) is 3.76. The summed E-state index contributed by atoms with van der Waals surface area (Å²) < 4.78 is 12.9. The number of nitrogens with one attached hydrogen (secondary N) is 1. The monoisotopic (exact) mass is 264 g/mol. The molecular formula is C14H17FN2S. The highest BCUT2D eigenvalue weighted by atomic mass is 32.1. The lowest BCUT2D eigenvalue weighted by Gasteiger charge is -1.98. The average Bonchev–Trinajstić information content (AvgIpc) is 2.72. The van der Waals surface area contributed by atoms with E-state index in [2.05, 4.69) is 17.2 Å². The first kappa shape index (κ1) is 13.2. The lowest BCUT2D eigenvalue weighted by molar-refractivity contribution is 0.628. The van der Waals surface area contributed by atoms with E-state index >= 15 is 0 Å². The molecule has 0 saturated heterocycles. The maximum absolute atomic E-state index is 12.9. The fraction of sp³-hybridized carbons (Fsp3) is 0.357. The fourth-order valence-corrected chi connectivity index (χ4v) is 2.81. The molecule has 1 N–H and O–H groups in total. The van der Waals surface area contributed by atoms with Gasteiger partial charge in [0.05, 0.1) is 10.6 Å². The van der Waals surface area contributed by atoms with E-state index in [1.54, 1.807) is 23.5 Å². The third kappa shape index (κ3) is 3.15. The van der Waals surface area contributed by atoms with Crippen LogP contribution in [0.15, 0.2) is 24.3 Å². The number of benzene rings is 1. The molecule has 0 aliphatic rings. The molecule has 1 aromatic carbocycles. The highest BCUT2D eigenvalue weighted by molar-refractivity contribution is 7.15. The van der Waals surface area contributed by atoms with Gasteiger partial charge in [-0.3, -0.25) is 0 Å². The topological polar surface area (TPSA) is 24.9 Å². The van der Waals surface area contributed by atoms with Crippen LogP contribution in [0.25, 0.3) is 10.4 Å². The zero-order valence-electron chi connectivity index (χ0n) is 10.7. The number of hydrogen-bond donors (Lipinski definition) is 1. The van der Waals surface area contributed by atoms with Crippen LogP contribution in [0.5, 0.6) is 0 Å². The Bertz CT molecular complexity index is 505. The number of hydrogen-bond acceptors (Lipinski definition) is 3. The van der Waals surface area contributed by atoms with Crippen LogP contribution in [-0.4, -0.2) is 11.5 Å². The van der Waals surface area contributed by atoms with Gasteiger partial charge in [-0.15, -0.1) is 11.3 Å². The van der Waals surface area contributed by atoms with Crippen molar-refractivity contribution in [2.24, 2.45) is 0 Å².